The molecule has 49 heavy (non-hydrogen) atoms. The van der Waals surface area contributed by atoms with E-state index in [4.69, 9.17) is 4.42 Å². The number of thiophene rings is 1. The van der Waals surface area contributed by atoms with Crippen LogP contribution in [0.4, 0.5) is 17.1 Å². The summed E-state index contributed by atoms with van der Waals surface area (Å²) in [6.07, 6.45) is 0. The topological polar surface area (TPSA) is 16.4 Å². The van der Waals surface area contributed by atoms with Crippen LogP contribution in [0.2, 0.25) is 0 Å². The molecule has 0 spiro atoms. The lowest BCUT2D eigenvalue weighted by Gasteiger charge is -2.25. The molecule has 0 aliphatic heterocycles. The molecule has 0 amide bonds. The van der Waals surface area contributed by atoms with Gasteiger partial charge in [-0.3, -0.25) is 0 Å². The van der Waals surface area contributed by atoms with Gasteiger partial charge in [-0.2, -0.15) is 0 Å². The van der Waals surface area contributed by atoms with Gasteiger partial charge in [0, 0.05) is 54.1 Å². The van der Waals surface area contributed by atoms with Gasteiger partial charge >= 0.3 is 0 Å². The van der Waals surface area contributed by atoms with Crippen LogP contribution in [0.1, 0.15) is 0 Å². The quantitative estimate of drug-likeness (QED) is 0.186. The molecule has 0 aliphatic carbocycles. The molecule has 0 N–H and O–H groups in total. The Balaban J connectivity index is 1.10. The first kappa shape index (κ1) is 27.9. The first-order chi connectivity index (χ1) is 24.3. The van der Waals surface area contributed by atoms with Crippen molar-refractivity contribution in [3.63, 3.8) is 0 Å². The van der Waals surface area contributed by atoms with Crippen molar-refractivity contribution < 1.29 is 4.42 Å². The number of benzene rings is 8. The standard InChI is InChI=1S/C46H29NOS/c1-3-11-30(12-4-1)36-16-9-10-17-37(36)32-19-22-34(23-20-32)47(33-14-5-2-6-15-33)35-24-25-39-42(29-35)48-41-27-26-40-44-38-18-8-7-13-31(38)21-28-43(44)49-46(40)45(39)41/h1-29H. The second kappa shape index (κ2) is 11.2. The Hall–Kier alpha value is -6.16. The first-order valence-corrected chi connectivity index (χ1v) is 17.4. The van der Waals surface area contributed by atoms with Crippen LogP contribution >= 0.6 is 11.3 Å². The lowest BCUT2D eigenvalue weighted by Crippen LogP contribution is -2.09. The van der Waals surface area contributed by atoms with Gasteiger partial charge in [-0.1, -0.05) is 115 Å². The predicted octanol–water partition coefficient (Wildman–Crippen LogP) is 13.9. The highest BCUT2D eigenvalue weighted by Gasteiger charge is 2.19. The summed E-state index contributed by atoms with van der Waals surface area (Å²) < 4.78 is 9.20. The van der Waals surface area contributed by atoms with Gasteiger partial charge < -0.3 is 9.32 Å². The zero-order valence-electron chi connectivity index (χ0n) is 26.5. The molecule has 3 heteroatoms. The SMILES string of the molecule is c1ccc(-c2ccccc2-c2ccc(N(c3ccccc3)c3ccc4c(c3)oc3ccc5c(sc6ccc7ccccc7c65)c34)cc2)cc1. The van der Waals surface area contributed by atoms with Gasteiger partial charge in [0.15, 0.2) is 0 Å². The Bertz CT molecular complexity index is 2810. The van der Waals surface area contributed by atoms with E-state index in [2.05, 4.69) is 181 Å². The van der Waals surface area contributed by atoms with Crippen LogP contribution in [-0.2, 0) is 0 Å². The van der Waals surface area contributed by atoms with E-state index in [0.29, 0.717) is 0 Å². The van der Waals surface area contributed by atoms with Crippen molar-refractivity contribution in [1.82, 2.24) is 0 Å². The fourth-order valence-corrected chi connectivity index (χ4v) is 8.68. The summed E-state index contributed by atoms with van der Waals surface area (Å²) in [4.78, 5) is 2.31. The van der Waals surface area contributed by atoms with E-state index < -0.39 is 0 Å². The fraction of sp³-hybridized carbons (Fsp3) is 0. The predicted molar refractivity (Wildman–Crippen MR) is 210 cm³/mol. The molecule has 0 saturated heterocycles. The summed E-state index contributed by atoms with van der Waals surface area (Å²) >= 11 is 1.86. The Kier molecular flexibility index (Phi) is 6.39. The maximum absolute atomic E-state index is 6.62. The average molecular weight is 644 g/mol. The van der Waals surface area contributed by atoms with E-state index in [1.165, 1.54) is 58.6 Å². The third-order valence-corrected chi connectivity index (χ3v) is 10.9. The smallest absolute Gasteiger partial charge is 0.137 e. The molecule has 0 fully saturated rings. The molecule has 0 atom stereocenters. The molecule has 2 heterocycles. The van der Waals surface area contributed by atoms with Gasteiger partial charge in [-0.05, 0) is 87.6 Å². The van der Waals surface area contributed by atoms with Crippen molar-refractivity contribution in [3.05, 3.63) is 176 Å². The minimum absolute atomic E-state index is 0.886. The Morgan fingerprint density at radius 3 is 1.84 bits per heavy atom. The normalized spacial score (nSPS) is 11.7. The molecule has 0 bridgehead atoms. The van der Waals surface area contributed by atoms with Crippen molar-refractivity contribution in [2.75, 3.05) is 4.90 Å². The summed E-state index contributed by atoms with van der Waals surface area (Å²) in [5, 5.41) is 7.52. The monoisotopic (exact) mass is 643 g/mol. The van der Waals surface area contributed by atoms with E-state index in [1.807, 2.05) is 11.3 Å². The third kappa shape index (κ3) is 4.55. The van der Waals surface area contributed by atoms with Crippen LogP contribution in [0.25, 0.3) is 75.1 Å². The Labute approximate surface area is 287 Å². The third-order valence-electron chi connectivity index (χ3n) is 9.67. The number of furan rings is 1. The zero-order chi connectivity index (χ0) is 32.3. The van der Waals surface area contributed by atoms with Gasteiger partial charge in [0.1, 0.15) is 11.2 Å². The highest BCUT2D eigenvalue weighted by molar-refractivity contribution is 7.27. The largest absolute Gasteiger partial charge is 0.456 e. The van der Waals surface area contributed by atoms with E-state index in [1.54, 1.807) is 0 Å². The molecule has 2 nitrogen and oxygen atoms in total. The van der Waals surface area contributed by atoms with Crippen LogP contribution < -0.4 is 4.90 Å². The van der Waals surface area contributed by atoms with Gasteiger partial charge in [-0.25, -0.2) is 0 Å². The minimum atomic E-state index is 0.886. The summed E-state index contributed by atoms with van der Waals surface area (Å²) in [5.41, 5.74) is 9.88. The molecule has 2 aromatic heterocycles. The van der Waals surface area contributed by atoms with E-state index in [0.717, 1.165) is 33.6 Å². The van der Waals surface area contributed by atoms with Gasteiger partial charge in [0.05, 0.1) is 0 Å². The molecule has 10 aromatic rings. The molecule has 0 saturated carbocycles. The molecule has 230 valence electrons. The number of nitrogens with zero attached hydrogens (tertiary/aromatic N) is 1. The van der Waals surface area contributed by atoms with Gasteiger partial charge in [-0.15, -0.1) is 11.3 Å². The maximum atomic E-state index is 6.62. The molecular weight excluding hydrogens is 615 g/mol. The molecule has 0 unspecified atom stereocenters. The van der Waals surface area contributed by atoms with Crippen LogP contribution in [-0.4, -0.2) is 0 Å². The summed E-state index contributed by atoms with van der Waals surface area (Å²) in [5.74, 6) is 0. The van der Waals surface area contributed by atoms with Crippen molar-refractivity contribution in [2.45, 2.75) is 0 Å². The lowest BCUT2D eigenvalue weighted by atomic mass is 9.94. The summed E-state index contributed by atoms with van der Waals surface area (Å²) in [6.45, 7) is 0. The van der Waals surface area contributed by atoms with Crippen LogP contribution in [0.15, 0.2) is 180 Å². The molecule has 8 aromatic carbocycles. The van der Waals surface area contributed by atoms with Gasteiger partial charge in [0.2, 0.25) is 0 Å². The van der Waals surface area contributed by atoms with E-state index >= 15 is 0 Å². The molecule has 10 rings (SSSR count). The average Bonchev–Trinajstić information content (AvgIpc) is 3.74. The second-order valence-corrected chi connectivity index (χ2v) is 13.5. The van der Waals surface area contributed by atoms with Crippen molar-refractivity contribution in [1.29, 1.82) is 0 Å². The van der Waals surface area contributed by atoms with Gasteiger partial charge in [0.25, 0.3) is 0 Å². The number of hydrogen-bond donors (Lipinski definition) is 0. The molecular formula is C46H29NOS. The first-order valence-electron chi connectivity index (χ1n) is 16.6. The fourth-order valence-electron chi connectivity index (χ4n) is 7.41. The highest BCUT2D eigenvalue weighted by Crippen LogP contribution is 2.46. The molecule has 0 radical (unpaired) electrons. The van der Waals surface area contributed by atoms with Crippen molar-refractivity contribution in [2.24, 2.45) is 0 Å². The Morgan fingerprint density at radius 2 is 1.04 bits per heavy atom. The van der Waals surface area contributed by atoms with E-state index in [9.17, 15) is 0 Å². The zero-order valence-corrected chi connectivity index (χ0v) is 27.3. The van der Waals surface area contributed by atoms with Crippen molar-refractivity contribution in [3.8, 4) is 22.3 Å². The number of hydrogen-bond acceptors (Lipinski definition) is 3. The highest BCUT2D eigenvalue weighted by atomic mass is 32.1. The number of fused-ring (bicyclic) bond motifs is 9. The summed E-state index contributed by atoms with van der Waals surface area (Å²) in [7, 11) is 0. The van der Waals surface area contributed by atoms with Crippen LogP contribution in [0.5, 0.6) is 0 Å². The Morgan fingerprint density at radius 1 is 0.408 bits per heavy atom. The lowest BCUT2D eigenvalue weighted by molar-refractivity contribution is 0.669. The maximum Gasteiger partial charge on any atom is 0.137 e. The molecule has 0 aliphatic rings. The van der Waals surface area contributed by atoms with Crippen LogP contribution in [0.3, 0.4) is 0 Å². The minimum Gasteiger partial charge on any atom is -0.456 e. The number of anilines is 3. The number of rotatable bonds is 5. The second-order valence-electron chi connectivity index (χ2n) is 12.5. The number of para-hydroxylation sites is 1. The summed E-state index contributed by atoms with van der Waals surface area (Å²) in [6, 6.07) is 62.9. The van der Waals surface area contributed by atoms with Crippen LogP contribution in [0, 0.1) is 0 Å². The van der Waals surface area contributed by atoms with Crippen molar-refractivity contribution >= 4 is 81.3 Å². The van der Waals surface area contributed by atoms with E-state index in [-0.39, 0.29) is 0 Å².